The Morgan fingerprint density at radius 3 is 2.81 bits per heavy atom. The normalized spacial score (nSPS) is 23.3. The Morgan fingerprint density at radius 1 is 1.43 bits per heavy atom. The molecule has 21 heavy (non-hydrogen) atoms. The van der Waals surface area contributed by atoms with Crippen molar-refractivity contribution in [3.63, 3.8) is 0 Å². The van der Waals surface area contributed by atoms with E-state index < -0.39 is 5.97 Å². The summed E-state index contributed by atoms with van der Waals surface area (Å²) >= 11 is 1.63. The Hall–Kier alpha value is -1.36. The third kappa shape index (κ3) is 2.71. The standard InChI is InChI=1S/C16H21NO3S/c1-9-3-4-13-11(5-9)6-14(21-13)15(18)17-7-12(8-17)10(2)16(19)20/h6,9-10,12H,3-5,7-8H2,1-2H3,(H,19,20). The SMILES string of the molecule is CC1CCc2sc(C(=O)N3CC(C(C)C(=O)O)C3)cc2C1. The molecule has 1 aromatic heterocycles. The van der Waals surface area contributed by atoms with Crippen molar-refractivity contribution in [3.8, 4) is 0 Å². The molecule has 1 saturated heterocycles. The number of rotatable bonds is 3. The molecule has 1 N–H and O–H groups in total. The molecule has 0 spiro atoms. The van der Waals surface area contributed by atoms with Crippen molar-refractivity contribution in [2.24, 2.45) is 17.8 Å². The number of carboxylic acids is 1. The zero-order valence-electron chi connectivity index (χ0n) is 12.5. The molecule has 1 aliphatic carbocycles. The third-order valence-corrected chi connectivity index (χ3v) is 6.06. The number of fused-ring (bicyclic) bond motifs is 1. The van der Waals surface area contributed by atoms with Crippen molar-refractivity contribution in [1.29, 1.82) is 0 Å². The van der Waals surface area contributed by atoms with Crippen molar-refractivity contribution >= 4 is 23.2 Å². The highest BCUT2D eigenvalue weighted by Crippen LogP contribution is 2.34. The van der Waals surface area contributed by atoms with Crippen molar-refractivity contribution in [2.75, 3.05) is 13.1 Å². The summed E-state index contributed by atoms with van der Waals surface area (Å²) < 4.78 is 0. The number of carbonyl (C=O) groups excluding carboxylic acids is 1. The van der Waals surface area contributed by atoms with Gasteiger partial charge in [-0.1, -0.05) is 13.8 Å². The summed E-state index contributed by atoms with van der Waals surface area (Å²) in [4.78, 5) is 27.4. The third-order valence-electron chi connectivity index (χ3n) is 4.83. The Morgan fingerprint density at radius 2 is 2.14 bits per heavy atom. The Labute approximate surface area is 128 Å². The van der Waals surface area contributed by atoms with Crippen LogP contribution in [0.15, 0.2) is 6.07 Å². The number of aryl methyl sites for hydroxylation is 1. The second-order valence-electron chi connectivity index (χ2n) is 6.50. The molecule has 2 heterocycles. The summed E-state index contributed by atoms with van der Waals surface area (Å²) in [5.74, 6) is -0.254. The number of carboxylic acid groups (broad SMARTS) is 1. The van der Waals surface area contributed by atoms with Crippen LogP contribution in [0, 0.1) is 17.8 Å². The minimum Gasteiger partial charge on any atom is -0.481 e. The van der Waals surface area contributed by atoms with Gasteiger partial charge >= 0.3 is 5.97 Å². The predicted octanol–water partition coefficient (Wildman–Crippen LogP) is 2.67. The average Bonchev–Trinajstić information content (AvgIpc) is 2.79. The lowest BCUT2D eigenvalue weighted by atomic mass is 9.87. The Balaban J connectivity index is 1.64. The Bertz CT molecular complexity index is 574. The number of likely N-dealkylation sites (tertiary alicyclic amines) is 1. The molecule has 1 amide bonds. The highest BCUT2D eigenvalue weighted by molar-refractivity contribution is 7.14. The zero-order valence-corrected chi connectivity index (χ0v) is 13.3. The van der Waals surface area contributed by atoms with Crippen LogP contribution in [0.4, 0.5) is 0 Å². The maximum atomic E-state index is 12.5. The number of aliphatic carboxylic acids is 1. The smallest absolute Gasteiger partial charge is 0.306 e. The number of carbonyl (C=O) groups is 2. The summed E-state index contributed by atoms with van der Waals surface area (Å²) in [5, 5.41) is 8.99. The first-order chi connectivity index (χ1) is 9.95. The van der Waals surface area contributed by atoms with Gasteiger partial charge in [-0.3, -0.25) is 9.59 Å². The molecule has 0 saturated carbocycles. The van der Waals surface area contributed by atoms with E-state index in [4.69, 9.17) is 5.11 Å². The first-order valence-corrected chi connectivity index (χ1v) is 8.41. The molecule has 1 aromatic rings. The van der Waals surface area contributed by atoms with Gasteiger partial charge in [-0.25, -0.2) is 0 Å². The first-order valence-electron chi connectivity index (χ1n) is 7.59. The minimum atomic E-state index is -0.771. The van der Waals surface area contributed by atoms with Gasteiger partial charge < -0.3 is 10.0 Å². The van der Waals surface area contributed by atoms with Crippen LogP contribution < -0.4 is 0 Å². The van der Waals surface area contributed by atoms with Crippen LogP contribution >= 0.6 is 11.3 Å². The molecular weight excluding hydrogens is 286 g/mol. The van der Waals surface area contributed by atoms with Crippen LogP contribution in [0.1, 0.15) is 40.4 Å². The molecule has 1 aliphatic heterocycles. The second-order valence-corrected chi connectivity index (χ2v) is 7.64. The molecule has 3 rings (SSSR count). The largest absolute Gasteiger partial charge is 0.481 e. The zero-order chi connectivity index (χ0) is 15.1. The molecule has 0 aromatic carbocycles. The lowest BCUT2D eigenvalue weighted by Gasteiger charge is -2.41. The van der Waals surface area contributed by atoms with Gasteiger partial charge in [-0.2, -0.15) is 0 Å². The summed E-state index contributed by atoms with van der Waals surface area (Å²) in [5.41, 5.74) is 1.35. The van der Waals surface area contributed by atoms with Crippen molar-refractivity contribution in [1.82, 2.24) is 4.90 Å². The highest BCUT2D eigenvalue weighted by atomic mass is 32.1. The van der Waals surface area contributed by atoms with Gasteiger partial charge in [-0.05, 0) is 36.8 Å². The molecular formula is C16H21NO3S. The van der Waals surface area contributed by atoms with E-state index in [1.807, 2.05) is 0 Å². The molecule has 2 aliphatic rings. The number of amides is 1. The second kappa shape index (κ2) is 5.44. The monoisotopic (exact) mass is 307 g/mol. The van der Waals surface area contributed by atoms with Gasteiger partial charge in [-0.15, -0.1) is 11.3 Å². The van der Waals surface area contributed by atoms with Crippen molar-refractivity contribution in [2.45, 2.75) is 33.1 Å². The molecule has 0 bridgehead atoms. The van der Waals surface area contributed by atoms with Crippen molar-refractivity contribution in [3.05, 3.63) is 21.4 Å². The lowest BCUT2D eigenvalue weighted by Crippen LogP contribution is -2.53. The molecule has 4 nitrogen and oxygen atoms in total. The number of hydrogen-bond acceptors (Lipinski definition) is 3. The van der Waals surface area contributed by atoms with Crippen LogP contribution in [-0.2, 0) is 17.6 Å². The maximum Gasteiger partial charge on any atom is 0.306 e. The molecule has 114 valence electrons. The van der Waals surface area contributed by atoms with Gasteiger partial charge in [0.2, 0.25) is 0 Å². The maximum absolute atomic E-state index is 12.5. The number of thiophene rings is 1. The van der Waals surface area contributed by atoms with E-state index in [1.54, 1.807) is 23.2 Å². The van der Waals surface area contributed by atoms with Gasteiger partial charge in [0.05, 0.1) is 10.8 Å². The molecule has 2 unspecified atom stereocenters. The van der Waals surface area contributed by atoms with Gasteiger partial charge in [0.15, 0.2) is 0 Å². The van der Waals surface area contributed by atoms with Crippen LogP contribution in [0.3, 0.4) is 0 Å². The summed E-state index contributed by atoms with van der Waals surface area (Å²) in [6.45, 7) is 5.13. The fourth-order valence-electron chi connectivity index (χ4n) is 3.16. The minimum absolute atomic E-state index is 0.0795. The van der Waals surface area contributed by atoms with E-state index in [1.165, 1.54) is 16.9 Å². The van der Waals surface area contributed by atoms with E-state index in [2.05, 4.69) is 13.0 Å². The molecule has 5 heteroatoms. The fourth-order valence-corrected chi connectivity index (χ4v) is 4.34. The van der Waals surface area contributed by atoms with E-state index in [9.17, 15) is 9.59 Å². The average molecular weight is 307 g/mol. The topological polar surface area (TPSA) is 57.6 Å². The first kappa shape index (κ1) is 14.6. The van der Waals surface area contributed by atoms with Crippen LogP contribution in [0.5, 0.6) is 0 Å². The predicted molar refractivity (Wildman–Crippen MR) is 81.7 cm³/mol. The van der Waals surface area contributed by atoms with Crippen LogP contribution in [-0.4, -0.2) is 35.0 Å². The van der Waals surface area contributed by atoms with Gasteiger partial charge in [0.25, 0.3) is 5.91 Å². The molecule has 1 fully saturated rings. The van der Waals surface area contributed by atoms with Crippen LogP contribution in [0.25, 0.3) is 0 Å². The quantitative estimate of drug-likeness (QED) is 0.934. The van der Waals surface area contributed by atoms with E-state index in [-0.39, 0.29) is 17.7 Å². The van der Waals surface area contributed by atoms with Gasteiger partial charge in [0, 0.05) is 23.9 Å². The summed E-state index contributed by atoms with van der Waals surface area (Å²) in [7, 11) is 0. The molecule has 0 radical (unpaired) electrons. The van der Waals surface area contributed by atoms with E-state index in [0.717, 1.165) is 17.7 Å². The van der Waals surface area contributed by atoms with E-state index in [0.29, 0.717) is 19.0 Å². The highest BCUT2D eigenvalue weighted by Gasteiger charge is 2.38. The summed E-state index contributed by atoms with van der Waals surface area (Å²) in [6, 6.07) is 2.06. The van der Waals surface area contributed by atoms with Crippen molar-refractivity contribution < 1.29 is 14.7 Å². The summed E-state index contributed by atoms with van der Waals surface area (Å²) in [6.07, 6.45) is 3.38. The van der Waals surface area contributed by atoms with Gasteiger partial charge in [0.1, 0.15) is 0 Å². The number of hydrogen-bond donors (Lipinski definition) is 1. The number of nitrogens with zero attached hydrogens (tertiary/aromatic N) is 1. The fraction of sp³-hybridized carbons (Fsp3) is 0.625. The van der Waals surface area contributed by atoms with Crippen LogP contribution in [0.2, 0.25) is 0 Å². The van der Waals surface area contributed by atoms with E-state index >= 15 is 0 Å². The molecule has 2 atom stereocenters. The lowest BCUT2D eigenvalue weighted by molar-refractivity contribution is -0.144. The Kier molecular flexibility index (Phi) is 3.78.